The van der Waals surface area contributed by atoms with Crippen molar-refractivity contribution in [2.24, 2.45) is 0 Å². The number of nitrogens with one attached hydrogen (secondary N) is 2. The van der Waals surface area contributed by atoms with Crippen molar-refractivity contribution in [3.8, 4) is 17.0 Å². The van der Waals surface area contributed by atoms with E-state index in [1.165, 1.54) is 18.2 Å². The van der Waals surface area contributed by atoms with Gasteiger partial charge in [0.1, 0.15) is 5.75 Å². The zero-order chi connectivity index (χ0) is 28.8. The van der Waals surface area contributed by atoms with Crippen LogP contribution in [0.1, 0.15) is 59.8 Å². The normalized spacial score (nSPS) is 20.9. The molecule has 0 unspecified atom stereocenters. The Kier molecular flexibility index (Phi) is 9.24. The lowest BCUT2D eigenvalue weighted by molar-refractivity contribution is 0.0601. The number of benzene rings is 2. The number of alkyl carbamates (subject to hydrolysis) is 1. The smallest absolute Gasteiger partial charge is 0.407 e. The second-order valence-corrected chi connectivity index (χ2v) is 11.0. The molecule has 1 aliphatic carbocycles. The van der Waals surface area contributed by atoms with Crippen LogP contribution < -0.4 is 15.4 Å². The summed E-state index contributed by atoms with van der Waals surface area (Å²) in [4.78, 5) is 33.0. The molecule has 2 N–H and O–H groups in total. The van der Waals surface area contributed by atoms with E-state index in [1.54, 1.807) is 6.33 Å². The molecule has 2 heterocycles. The van der Waals surface area contributed by atoms with E-state index in [2.05, 4.69) is 41.2 Å². The number of hydrogen-bond donors (Lipinski definition) is 2. The van der Waals surface area contributed by atoms with Crippen molar-refractivity contribution in [1.82, 2.24) is 25.1 Å². The maximum Gasteiger partial charge on any atom is 0.407 e. The van der Waals surface area contributed by atoms with Gasteiger partial charge in [-0.05, 0) is 49.9 Å². The number of carbonyl (C=O) groups excluding carboxylic acids is 2. The number of methoxy groups -OCH3 is 1. The molecule has 41 heavy (non-hydrogen) atoms. The first-order valence-electron chi connectivity index (χ1n) is 14.6. The summed E-state index contributed by atoms with van der Waals surface area (Å²) in [6.45, 7) is 6.72. The summed E-state index contributed by atoms with van der Waals surface area (Å²) in [5.41, 5.74) is 4.61. The summed E-state index contributed by atoms with van der Waals surface area (Å²) in [6.07, 6.45) is 5.84. The number of carbonyl (C=O) groups is 2. The minimum absolute atomic E-state index is 0.0139. The van der Waals surface area contributed by atoms with Crippen molar-refractivity contribution >= 4 is 12.0 Å². The van der Waals surface area contributed by atoms with Gasteiger partial charge in [0.2, 0.25) is 0 Å². The molecule has 1 saturated heterocycles. The number of amides is 2. The van der Waals surface area contributed by atoms with Crippen LogP contribution in [0.4, 0.5) is 4.79 Å². The predicted octanol–water partition coefficient (Wildman–Crippen LogP) is 4.89. The van der Waals surface area contributed by atoms with Gasteiger partial charge in [0.05, 0.1) is 37.8 Å². The van der Waals surface area contributed by atoms with Gasteiger partial charge in [0, 0.05) is 37.7 Å². The van der Waals surface area contributed by atoms with Gasteiger partial charge in [-0.3, -0.25) is 4.79 Å². The van der Waals surface area contributed by atoms with Crippen molar-refractivity contribution in [2.75, 3.05) is 33.4 Å². The van der Waals surface area contributed by atoms with Crippen molar-refractivity contribution in [2.45, 2.75) is 64.1 Å². The molecule has 3 aromatic rings. The zero-order valence-electron chi connectivity index (χ0n) is 24.3. The lowest BCUT2D eigenvalue weighted by atomic mass is 9.89. The fourth-order valence-electron chi connectivity index (χ4n) is 6.01. The van der Waals surface area contributed by atoms with Gasteiger partial charge in [0.15, 0.2) is 5.69 Å². The Morgan fingerprint density at radius 1 is 1.07 bits per heavy atom. The van der Waals surface area contributed by atoms with Crippen LogP contribution in [0, 0.1) is 13.8 Å². The highest BCUT2D eigenvalue weighted by atomic mass is 16.5. The molecule has 2 aromatic carbocycles. The van der Waals surface area contributed by atoms with Crippen molar-refractivity contribution in [3.05, 3.63) is 71.7 Å². The number of aryl methyl sites for hydroxylation is 2. The number of rotatable bonds is 8. The van der Waals surface area contributed by atoms with E-state index in [4.69, 9.17) is 14.5 Å². The summed E-state index contributed by atoms with van der Waals surface area (Å²) in [7, 11) is 1.38. The standard InChI is InChI=1S/C32H41N5O4/c1-22-13-14-26(19-23(22)2)41-18-15-25-20-33-16-17-36(25)31(38)29-30(24-9-5-4-6-10-24)37(21-34-29)28-12-8-7-11-27(28)35-32(39)40-3/h4-6,9-10,13-14,19,21,25,27-28,33H,7-8,11-12,15-18,20H2,1-3H3,(H,35,39)/t25-,27+,28+/m1/s1. The minimum Gasteiger partial charge on any atom is -0.494 e. The molecule has 2 aliphatic rings. The Balaban J connectivity index is 1.40. The van der Waals surface area contributed by atoms with Gasteiger partial charge in [-0.2, -0.15) is 0 Å². The Bertz CT molecular complexity index is 1340. The number of piperazine rings is 1. The third kappa shape index (κ3) is 6.56. The highest BCUT2D eigenvalue weighted by molar-refractivity contribution is 5.98. The lowest BCUT2D eigenvalue weighted by Gasteiger charge is -2.36. The van der Waals surface area contributed by atoms with Crippen LogP contribution in [0.25, 0.3) is 11.3 Å². The third-order valence-corrected chi connectivity index (χ3v) is 8.43. The summed E-state index contributed by atoms with van der Waals surface area (Å²) in [6, 6.07) is 15.9. The van der Waals surface area contributed by atoms with Crippen LogP contribution in [0.2, 0.25) is 0 Å². The number of imidazole rings is 1. The van der Waals surface area contributed by atoms with Crippen LogP contribution in [-0.4, -0.2) is 71.9 Å². The molecular weight excluding hydrogens is 518 g/mol. The van der Waals surface area contributed by atoms with Crippen molar-refractivity contribution in [3.63, 3.8) is 0 Å². The Morgan fingerprint density at radius 3 is 2.66 bits per heavy atom. The number of aromatic nitrogens is 2. The molecule has 1 aromatic heterocycles. The molecule has 0 spiro atoms. The van der Waals surface area contributed by atoms with E-state index in [-0.39, 0.29) is 24.0 Å². The summed E-state index contributed by atoms with van der Waals surface area (Å²) in [5, 5.41) is 6.46. The molecule has 218 valence electrons. The Morgan fingerprint density at radius 2 is 1.88 bits per heavy atom. The van der Waals surface area contributed by atoms with Crippen molar-refractivity contribution < 1.29 is 19.1 Å². The van der Waals surface area contributed by atoms with Gasteiger partial charge in [-0.15, -0.1) is 0 Å². The number of ether oxygens (including phenoxy) is 2. The average Bonchev–Trinajstić information content (AvgIpc) is 3.44. The number of hydrogen-bond acceptors (Lipinski definition) is 6. The van der Waals surface area contributed by atoms with Crippen LogP contribution in [-0.2, 0) is 4.74 Å². The molecule has 0 radical (unpaired) electrons. The summed E-state index contributed by atoms with van der Waals surface area (Å²) >= 11 is 0. The van der Waals surface area contributed by atoms with Crippen LogP contribution in [0.3, 0.4) is 0 Å². The average molecular weight is 560 g/mol. The molecule has 1 aliphatic heterocycles. The monoisotopic (exact) mass is 559 g/mol. The summed E-state index contributed by atoms with van der Waals surface area (Å²) in [5.74, 6) is 0.774. The predicted molar refractivity (Wildman–Crippen MR) is 158 cm³/mol. The van der Waals surface area contributed by atoms with Crippen LogP contribution in [0.5, 0.6) is 5.75 Å². The molecule has 3 atom stereocenters. The lowest BCUT2D eigenvalue weighted by Crippen LogP contribution is -2.54. The molecule has 2 amide bonds. The zero-order valence-corrected chi connectivity index (χ0v) is 24.3. The first kappa shape index (κ1) is 28.7. The fourth-order valence-corrected chi connectivity index (χ4v) is 6.01. The van der Waals surface area contributed by atoms with E-state index in [9.17, 15) is 9.59 Å². The Hall–Kier alpha value is -3.85. The Labute approximate surface area is 242 Å². The van der Waals surface area contributed by atoms with Gasteiger partial charge in [-0.25, -0.2) is 9.78 Å². The largest absolute Gasteiger partial charge is 0.494 e. The first-order valence-corrected chi connectivity index (χ1v) is 14.6. The first-order chi connectivity index (χ1) is 20.0. The molecule has 5 rings (SSSR count). The van der Waals surface area contributed by atoms with E-state index in [0.717, 1.165) is 49.2 Å². The van der Waals surface area contributed by atoms with E-state index in [1.807, 2.05) is 41.3 Å². The molecule has 1 saturated carbocycles. The molecule has 2 fully saturated rings. The quantitative estimate of drug-likeness (QED) is 0.408. The minimum atomic E-state index is -0.439. The maximum absolute atomic E-state index is 14.2. The third-order valence-electron chi connectivity index (χ3n) is 8.43. The molecular formula is C32H41N5O4. The second kappa shape index (κ2) is 13.2. The molecule has 9 nitrogen and oxygen atoms in total. The molecule has 0 bridgehead atoms. The highest BCUT2D eigenvalue weighted by Crippen LogP contribution is 2.35. The van der Waals surface area contributed by atoms with Gasteiger partial charge in [0.25, 0.3) is 5.91 Å². The highest BCUT2D eigenvalue weighted by Gasteiger charge is 2.35. The van der Waals surface area contributed by atoms with Gasteiger partial charge < -0.3 is 29.6 Å². The molecule has 9 heteroatoms. The fraction of sp³-hybridized carbons (Fsp3) is 0.469. The van der Waals surface area contributed by atoms with Gasteiger partial charge in [-0.1, -0.05) is 49.2 Å². The second-order valence-electron chi connectivity index (χ2n) is 11.0. The number of nitrogens with zero attached hydrogens (tertiary/aromatic N) is 3. The van der Waals surface area contributed by atoms with E-state index >= 15 is 0 Å². The SMILES string of the molecule is COC(=O)N[C@H]1CCCC[C@@H]1n1cnc(C(=O)N2CCNC[C@H]2CCOc2ccc(C)c(C)c2)c1-c1ccccc1. The van der Waals surface area contributed by atoms with Crippen molar-refractivity contribution in [1.29, 1.82) is 0 Å². The topological polar surface area (TPSA) is 97.7 Å². The summed E-state index contributed by atoms with van der Waals surface area (Å²) < 4.78 is 13.1. The van der Waals surface area contributed by atoms with Crippen LogP contribution >= 0.6 is 0 Å². The van der Waals surface area contributed by atoms with Crippen LogP contribution in [0.15, 0.2) is 54.9 Å². The van der Waals surface area contributed by atoms with Gasteiger partial charge >= 0.3 is 6.09 Å². The van der Waals surface area contributed by atoms with E-state index < -0.39 is 6.09 Å². The van der Waals surface area contributed by atoms with E-state index in [0.29, 0.717) is 31.8 Å². The maximum atomic E-state index is 14.2.